The quantitative estimate of drug-likeness (QED) is 0.371. The van der Waals surface area contributed by atoms with Gasteiger partial charge < -0.3 is 5.11 Å². The van der Waals surface area contributed by atoms with Gasteiger partial charge in [-0.05, 0) is 6.42 Å². The largest absolute Gasteiger partial charge is 0.395 e. The van der Waals surface area contributed by atoms with E-state index in [0.29, 0.717) is 0 Å². The molecule has 8 heavy (non-hydrogen) atoms. The third kappa shape index (κ3) is 4.33. The molecule has 0 rings (SSSR count). The first kappa shape index (κ1) is 11.0. The second kappa shape index (κ2) is 7.17. The number of hydrogen-bond donors (Lipinski definition) is 3. The fourth-order valence-corrected chi connectivity index (χ4v) is 0.300. The first-order valence-corrected chi connectivity index (χ1v) is 2.42. The van der Waals surface area contributed by atoms with Crippen LogP contribution in [0.5, 0.6) is 0 Å². The summed E-state index contributed by atoms with van der Waals surface area (Å²) in [4.78, 5) is 0. The van der Waals surface area contributed by atoms with E-state index in [0.717, 1.165) is 6.42 Å². The van der Waals surface area contributed by atoms with Gasteiger partial charge in [-0.1, -0.05) is 6.92 Å². The molecule has 0 saturated heterocycles. The smallest absolute Gasteiger partial charge is 0.0598 e. The summed E-state index contributed by atoms with van der Waals surface area (Å²) in [7, 11) is 0. The molecule has 3 nitrogen and oxygen atoms in total. The van der Waals surface area contributed by atoms with Crippen LogP contribution in [0.25, 0.3) is 0 Å². The van der Waals surface area contributed by atoms with Crippen LogP contribution >= 0.6 is 12.4 Å². The summed E-state index contributed by atoms with van der Waals surface area (Å²) >= 11 is 0. The second-order valence-electron chi connectivity index (χ2n) is 1.45. The van der Waals surface area contributed by atoms with E-state index in [1.165, 1.54) is 0 Å². The van der Waals surface area contributed by atoms with E-state index in [4.69, 9.17) is 10.9 Å². The molecule has 0 bridgehead atoms. The molecule has 0 aliphatic heterocycles. The van der Waals surface area contributed by atoms with Gasteiger partial charge in [0.2, 0.25) is 0 Å². The minimum atomic E-state index is 0. The van der Waals surface area contributed by atoms with Gasteiger partial charge in [0.15, 0.2) is 0 Å². The number of nitrogens with two attached hydrogens (primary N) is 1. The molecule has 0 aromatic carbocycles. The van der Waals surface area contributed by atoms with Gasteiger partial charge >= 0.3 is 0 Å². The molecule has 1 unspecified atom stereocenters. The number of nitrogens with one attached hydrogen (secondary N) is 1. The molecule has 4 heteroatoms. The number of aliphatic hydroxyl groups is 1. The summed E-state index contributed by atoms with van der Waals surface area (Å²) in [6.07, 6.45) is 0.868. The van der Waals surface area contributed by atoms with Crippen LogP contribution in [0.3, 0.4) is 0 Å². The third-order valence-electron chi connectivity index (χ3n) is 0.949. The molecule has 4 N–H and O–H groups in total. The Kier molecular flexibility index (Phi) is 9.89. The number of aliphatic hydroxyl groups excluding tert-OH is 1. The van der Waals surface area contributed by atoms with Crippen LogP contribution in [-0.4, -0.2) is 17.8 Å². The number of halogens is 1. The van der Waals surface area contributed by atoms with Gasteiger partial charge in [0.25, 0.3) is 0 Å². The Bertz CT molecular complexity index is 35.5. The lowest BCUT2D eigenvalue weighted by molar-refractivity contribution is 0.240. The maximum Gasteiger partial charge on any atom is 0.0598 e. The van der Waals surface area contributed by atoms with Crippen molar-refractivity contribution in [1.82, 2.24) is 5.43 Å². The van der Waals surface area contributed by atoms with Crippen LogP contribution < -0.4 is 11.3 Å². The van der Waals surface area contributed by atoms with E-state index in [2.05, 4.69) is 5.43 Å². The lowest BCUT2D eigenvalue weighted by Gasteiger charge is -2.06. The van der Waals surface area contributed by atoms with Gasteiger partial charge in [-0.2, -0.15) is 0 Å². The Morgan fingerprint density at radius 3 is 2.25 bits per heavy atom. The van der Waals surface area contributed by atoms with E-state index in [1.807, 2.05) is 6.92 Å². The van der Waals surface area contributed by atoms with Crippen molar-refractivity contribution in [2.45, 2.75) is 19.4 Å². The molecule has 0 aliphatic rings. The second-order valence-corrected chi connectivity index (χ2v) is 1.45. The van der Waals surface area contributed by atoms with Gasteiger partial charge in [0, 0.05) is 6.04 Å². The Morgan fingerprint density at radius 2 is 2.25 bits per heavy atom. The third-order valence-corrected chi connectivity index (χ3v) is 0.949. The first-order chi connectivity index (χ1) is 3.35. The maximum absolute atomic E-state index is 8.38. The van der Waals surface area contributed by atoms with Crippen molar-refractivity contribution in [2.24, 2.45) is 5.84 Å². The monoisotopic (exact) mass is 140 g/mol. The first-order valence-electron chi connectivity index (χ1n) is 2.42. The van der Waals surface area contributed by atoms with Crippen molar-refractivity contribution in [3.05, 3.63) is 0 Å². The molecule has 0 heterocycles. The predicted molar refractivity (Wildman–Crippen MR) is 35.7 cm³/mol. The van der Waals surface area contributed by atoms with Crippen LogP contribution in [0.4, 0.5) is 0 Å². The SMILES string of the molecule is CCC(CO)NN.Cl. The van der Waals surface area contributed by atoms with Crippen LogP contribution in [0, 0.1) is 0 Å². The summed E-state index contributed by atoms with van der Waals surface area (Å²) < 4.78 is 0. The van der Waals surface area contributed by atoms with E-state index in [9.17, 15) is 0 Å². The molecule has 0 amide bonds. The lowest BCUT2D eigenvalue weighted by atomic mass is 10.3. The fourth-order valence-electron chi connectivity index (χ4n) is 0.300. The molecular weight excluding hydrogens is 128 g/mol. The summed E-state index contributed by atoms with van der Waals surface area (Å²) in [5.41, 5.74) is 2.45. The standard InChI is InChI=1S/C4H12N2O.ClH/c1-2-4(3-7)6-5;/h4,6-7H,2-3,5H2,1H3;1H. The highest BCUT2D eigenvalue weighted by Crippen LogP contribution is 1.82. The van der Waals surface area contributed by atoms with Crippen molar-refractivity contribution in [3.8, 4) is 0 Å². The molecule has 1 atom stereocenters. The topological polar surface area (TPSA) is 58.3 Å². The normalized spacial score (nSPS) is 12.4. The van der Waals surface area contributed by atoms with Gasteiger partial charge in [-0.3, -0.25) is 11.3 Å². The highest BCUT2D eigenvalue weighted by atomic mass is 35.5. The Morgan fingerprint density at radius 1 is 1.75 bits per heavy atom. The molecule has 0 aliphatic carbocycles. The minimum Gasteiger partial charge on any atom is -0.395 e. The van der Waals surface area contributed by atoms with Gasteiger partial charge in [0.05, 0.1) is 6.61 Å². The molecule has 0 aromatic rings. The van der Waals surface area contributed by atoms with Crippen LogP contribution in [0.15, 0.2) is 0 Å². The van der Waals surface area contributed by atoms with Gasteiger partial charge in [0.1, 0.15) is 0 Å². The van der Waals surface area contributed by atoms with Gasteiger partial charge in [-0.25, -0.2) is 0 Å². The zero-order chi connectivity index (χ0) is 5.70. The average Bonchev–Trinajstić information content (AvgIpc) is 1.72. The van der Waals surface area contributed by atoms with Crippen LogP contribution in [-0.2, 0) is 0 Å². The summed E-state index contributed by atoms with van der Waals surface area (Å²) in [5.74, 6) is 4.98. The van der Waals surface area contributed by atoms with Gasteiger partial charge in [-0.15, -0.1) is 12.4 Å². The van der Waals surface area contributed by atoms with Crippen molar-refractivity contribution in [1.29, 1.82) is 0 Å². The maximum atomic E-state index is 8.38. The minimum absolute atomic E-state index is 0. The fraction of sp³-hybridized carbons (Fsp3) is 1.00. The zero-order valence-electron chi connectivity index (χ0n) is 4.92. The molecule has 0 radical (unpaired) electrons. The van der Waals surface area contributed by atoms with Crippen molar-refractivity contribution in [3.63, 3.8) is 0 Å². The number of hydrogen-bond acceptors (Lipinski definition) is 3. The molecule has 52 valence electrons. The predicted octanol–water partition coefficient (Wildman–Crippen LogP) is -0.358. The van der Waals surface area contributed by atoms with Crippen molar-refractivity contribution >= 4 is 12.4 Å². The van der Waals surface area contributed by atoms with E-state index in [-0.39, 0.29) is 25.1 Å². The Balaban J connectivity index is 0. The van der Waals surface area contributed by atoms with E-state index < -0.39 is 0 Å². The number of rotatable bonds is 3. The number of hydrazine groups is 1. The molecule has 0 saturated carbocycles. The average molecular weight is 141 g/mol. The Hall–Kier alpha value is 0.170. The van der Waals surface area contributed by atoms with Crippen molar-refractivity contribution < 1.29 is 5.11 Å². The summed E-state index contributed by atoms with van der Waals surface area (Å²) in [5, 5.41) is 8.38. The van der Waals surface area contributed by atoms with Crippen molar-refractivity contribution in [2.75, 3.05) is 6.61 Å². The Labute approximate surface area is 55.6 Å². The highest BCUT2D eigenvalue weighted by molar-refractivity contribution is 5.85. The highest BCUT2D eigenvalue weighted by Gasteiger charge is 1.96. The van der Waals surface area contributed by atoms with E-state index >= 15 is 0 Å². The lowest BCUT2D eigenvalue weighted by Crippen LogP contribution is -2.37. The summed E-state index contributed by atoms with van der Waals surface area (Å²) in [6, 6.07) is 0.0694. The summed E-state index contributed by atoms with van der Waals surface area (Å²) in [6.45, 7) is 2.08. The molecule has 0 aromatic heterocycles. The molecular formula is C4H13ClN2O. The zero-order valence-corrected chi connectivity index (χ0v) is 5.74. The molecule has 0 spiro atoms. The van der Waals surface area contributed by atoms with E-state index in [1.54, 1.807) is 0 Å². The van der Waals surface area contributed by atoms with Crippen LogP contribution in [0.1, 0.15) is 13.3 Å². The molecule has 0 fully saturated rings. The van der Waals surface area contributed by atoms with Crippen LogP contribution in [0.2, 0.25) is 0 Å².